The average Bonchev–Trinajstić information content (AvgIpc) is 3.66. The molecule has 0 aromatic heterocycles. The number of nitrogens with zero attached hydrogens (tertiary/aromatic N) is 4. The fourth-order valence-electron chi connectivity index (χ4n) is 6.88. The van der Waals surface area contributed by atoms with Crippen molar-refractivity contribution in [1.29, 1.82) is 10.5 Å². The van der Waals surface area contributed by atoms with Crippen molar-refractivity contribution in [2.75, 3.05) is 9.80 Å². The summed E-state index contributed by atoms with van der Waals surface area (Å²) in [5.74, 6) is 0.109. The van der Waals surface area contributed by atoms with Crippen LogP contribution in [0, 0.1) is 48.3 Å². The van der Waals surface area contributed by atoms with Crippen LogP contribution in [-0.2, 0) is 9.59 Å². The molecule has 2 aliphatic carbocycles. The van der Waals surface area contributed by atoms with Crippen LogP contribution in [0.5, 0.6) is 0 Å². The molecule has 0 radical (unpaired) electrons. The standard InChI is InChI=1S/2C15H15ClN2O2/c2*1-8-11(3-2-9(7-17)15(8)16)18-12-4-5-13(19)10(12)6-14(18)20/h2*2-3,10,12-13,19H,4-6H2,1H3/t2*10-,12-,13+/m00/s1. The van der Waals surface area contributed by atoms with Crippen molar-refractivity contribution in [3.63, 3.8) is 0 Å². The van der Waals surface area contributed by atoms with E-state index in [1.54, 1.807) is 34.1 Å². The molecule has 4 aliphatic rings. The van der Waals surface area contributed by atoms with Crippen LogP contribution in [0.2, 0.25) is 10.0 Å². The quantitative estimate of drug-likeness (QED) is 0.525. The SMILES string of the molecule is Cc1c(N2C(=O)C[C@@H]3[C@H](O)CC[C@@H]32)ccc(C#N)c1Cl.Cc1c(N2C(=O)C[C@@H]3[C@H](O)CC[C@@H]32)ccc(C#N)c1Cl. The Kier molecular flexibility index (Phi) is 7.83. The number of aliphatic hydroxyl groups excluding tert-OH is 2. The Morgan fingerprint density at radius 1 is 0.725 bits per heavy atom. The minimum absolute atomic E-state index is 0.0244. The third-order valence-electron chi connectivity index (χ3n) is 8.99. The summed E-state index contributed by atoms with van der Waals surface area (Å²) in [5, 5.41) is 38.7. The Bertz CT molecular complexity index is 1360. The number of rotatable bonds is 2. The van der Waals surface area contributed by atoms with Gasteiger partial charge in [0.2, 0.25) is 11.8 Å². The Labute approximate surface area is 243 Å². The first-order valence-electron chi connectivity index (χ1n) is 13.5. The number of anilines is 2. The van der Waals surface area contributed by atoms with E-state index in [0.29, 0.717) is 34.0 Å². The zero-order chi connectivity index (χ0) is 28.9. The summed E-state index contributed by atoms with van der Waals surface area (Å²) in [6.07, 6.45) is 3.12. The van der Waals surface area contributed by atoms with E-state index in [9.17, 15) is 19.8 Å². The van der Waals surface area contributed by atoms with E-state index < -0.39 is 0 Å². The lowest BCUT2D eigenvalue weighted by Crippen LogP contribution is -2.34. The highest BCUT2D eigenvalue weighted by atomic mass is 35.5. The third kappa shape index (κ3) is 4.63. The van der Waals surface area contributed by atoms with E-state index in [1.807, 2.05) is 26.0 Å². The van der Waals surface area contributed by atoms with Crippen LogP contribution >= 0.6 is 23.2 Å². The lowest BCUT2D eigenvalue weighted by molar-refractivity contribution is -0.118. The maximum Gasteiger partial charge on any atom is 0.227 e. The molecule has 208 valence electrons. The average molecular weight is 582 g/mol. The van der Waals surface area contributed by atoms with E-state index in [0.717, 1.165) is 48.2 Å². The van der Waals surface area contributed by atoms with Crippen molar-refractivity contribution in [1.82, 2.24) is 0 Å². The van der Waals surface area contributed by atoms with Crippen LogP contribution in [0.4, 0.5) is 11.4 Å². The van der Waals surface area contributed by atoms with Gasteiger partial charge in [-0.15, -0.1) is 0 Å². The molecule has 2 aliphatic heterocycles. The van der Waals surface area contributed by atoms with Crippen LogP contribution < -0.4 is 9.80 Å². The normalized spacial score (nSPS) is 28.6. The highest BCUT2D eigenvalue weighted by molar-refractivity contribution is 6.33. The number of benzene rings is 2. The number of carbonyl (C=O) groups excluding carboxylic acids is 2. The van der Waals surface area contributed by atoms with Crippen LogP contribution in [0.15, 0.2) is 24.3 Å². The Balaban J connectivity index is 0.000000161. The van der Waals surface area contributed by atoms with Crippen LogP contribution in [0.1, 0.15) is 60.8 Å². The first-order valence-corrected chi connectivity index (χ1v) is 14.2. The fraction of sp³-hybridized carbons (Fsp3) is 0.467. The maximum absolute atomic E-state index is 12.3. The van der Waals surface area contributed by atoms with Crippen molar-refractivity contribution in [3.8, 4) is 12.1 Å². The Morgan fingerprint density at radius 2 is 1.10 bits per heavy atom. The van der Waals surface area contributed by atoms with Crippen molar-refractivity contribution in [3.05, 3.63) is 56.6 Å². The second kappa shape index (κ2) is 11.0. The largest absolute Gasteiger partial charge is 0.393 e. The molecule has 4 fully saturated rings. The summed E-state index contributed by atoms with van der Waals surface area (Å²) in [6.45, 7) is 3.65. The number of hydrogen-bond donors (Lipinski definition) is 2. The van der Waals surface area contributed by atoms with Gasteiger partial charge >= 0.3 is 0 Å². The number of aliphatic hydroxyl groups is 2. The minimum atomic E-state index is -0.386. The van der Waals surface area contributed by atoms with Gasteiger partial charge in [0.05, 0.1) is 33.4 Å². The van der Waals surface area contributed by atoms with E-state index in [2.05, 4.69) is 0 Å². The molecule has 2 N–H and O–H groups in total. The van der Waals surface area contributed by atoms with Gasteiger partial charge in [-0.2, -0.15) is 10.5 Å². The van der Waals surface area contributed by atoms with Gasteiger partial charge in [0.1, 0.15) is 12.1 Å². The van der Waals surface area contributed by atoms with Crippen LogP contribution in [0.3, 0.4) is 0 Å². The van der Waals surface area contributed by atoms with Crippen LogP contribution in [0.25, 0.3) is 0 Å². The van der Waals surface area contributed by atoms with Crippen molar-refractivity contribution >= 4 is 46.4 Å². The third-order valence-corrected chi connectivity index (χ3v) is 9.96. The predicted molar refractivity (Wildman–Crippen MR) is 151 cm³/mol. The van der Waals surface area contributed by atoms with Gasteiger partial charge in [-0.3, -0.25) is 9.59 Å². The molecule has 40 heavy (non-hydrogen) atoms. The molecule has 0 bridgehead atoms. The summed E-state index contributed by atoms with van der Waals surface area (Å²) in [6, 6.07) is 11.1. The molecule has 2 amide bonds. The Morgan fingerprint density at radius 3 is 1.45 bits per heavy atom. The van der Waals surface area contributed by atoms with Crippen molar-refractivity contribution < 1.29 is 19.8 Å². The lowest BCUT2D eigenvalue weighted by Gasteiger charge is -2.26. The molecule has 6 atom stereocenters. The van der Waals surface area contributed by atoms with Gasteiger partial charge in [0.25, 0.3) is 0 Å². The number of carbonyl (C=O) groups is 2. The summed E-state index contributed by atoms with van der Waals surface area (Å²) >= 11 is 12.4. The monoisotopic (exact) mass is 580 g/mol. The van der Waals surface area contributed by atoms with Crippen molar-refractivity contribution in [2.24, 2.45) is 11.8 Å². The molecule has 0 spiro atoms. The summed E-state index contributed by atoms with van der Waals surface area (Å²) < 4.78 is 0. The molecule has 2 aromatic carbocycles. The smallest absolute Gasteiger partial charge is 0.227 e. The lowest BCUT2D eigenvalue weighted by atomic mass is 10.0. The number of hydrogen-bond acceptors (Lipinski definition) is 6. The number of amides is 2. The minimum Gasteiger partial charge on any atom is -0.393 e. The first kappa shape index (κ1) is 28.4. The summed E-state index contributed by atoms with van der Waals surface area (Å²) in [7, 11) is 0. The molecular weight excluding hydrogens is 551 g/mol. The highest BCUT2D eigenvalue weighted by Crippen LogP contribution is 2.44. The van der Waals surface area contributed by atoms with Crippen LogP contribution in [-0.4, -0.2) is 46.3 Å². The summed E-state index contributed by atoms with van der Waals surface area (Å²) in [5.41, 5.74) is 3.87. The zero-order valence-corrected chi connectivity index (χ0v) is 23.8. The topological polar surface area (TPSA) is 129 Å². The molecule has 2 saturated carbocycles. The molecule has 2 aromatic rings. The fourth-order valence-corrected chi connectivity index (χ4v) is 7.28. The van der Waals surface area contributed by atoms with Gasteiger partial charge in [-0.1, -0.05) is 23.2 Å². The summed E-state index contributed by atoms with van der Waals surface area (Å²) in [4.78, 5) is 28.1. The van der Waals surface area contributed by atoms with Gasteiger partial charge in [-0.05, 0) is 74.9 Å². The second-order valence-electron chi connectivity index (χ2n) is 11.1. The predicted octanol–water partition coefficient (Wildman–Crippen LogP) is 4.79. The van der Waals surface area contributed by atoms with E-state index in [1.165, 1.54) is 0 Å². The zero-order valence-electron chi connectivity index (χ0n) is 22.3. The van der Waals surface area contributed by atoms with Crippen molar-refractivity contribution in [2.45, 2.75) is 76.7 Å². The molecule has 2 heterocycles. The molecule has 6 rings (SSSR count). The van der Waals surface area contributed by atoms with E-state index in [-0.39, 0.29) is 47.9 Å². The van der Waals surface area contributed by atoms with E-state index >= 15 is 0 Å². The first-order chi connectivity index (χ1) is 19.1. The highest BCUT2D eigenvalue weighted by Gasteiger charge is 2.49. The molecule has 10 heteroatoms. The number of nitriles is 2. The molecule has 8 nitrogen and oxygen atoms in total. The maximum atomic E-state index is 12.3. The van der Waals surface area contributed by atoms with Gasteiger partial charge in [0, 0.05) is 48.1 Å². The van der Waals surface area contributed by atoms with Gasteiger partial charge in [-0.25, -0.2) is 0 Å². The number of fused-ring (bicyclic) bond motifs is 2. The molecule has 2 saturated heterocycles. The van der Waals surface area contributed by atoms with Gasteiger partial charge < -0.3 is 20.0 Å². The molecular formula is C30H30Cl2N4O4. The van der Waals surface area contributed by atoms with Gasteiger partial charge in [0.15, 0.2) is 0 Å². The van der Waals surface area contributed by atoms with E-state index in [4.69, 9.17) is 33.7 Å². The number of halogens is 2. The Hall–Kier alpha value is -3.14. The second-order valence-corrected chi connectivity index (χ2v) is 11.8. The molecule has 0 unspecified atom stereocenters.